The van der Waals surface area contributed by atoms with Crippen LogP contribution < -0.4 is 5.32 Å². The lowest BCUT2D eigenvalue weighted by atomic mass is 10.2. The minimum Gasteiger partial charge on any atom is -0.362 e. The molecule has 0 bridgehead atoms. The SMILES string of the molecule is c1csc(NCCCC2CC2)n1. The van der Waals surface area contributed by atoms with Crippen molar-refractivity contribution in [3.8, 4) is 0 Å². The van der Waals surface area contributed by atoms with E-state index in [2.05, 4.69) is 10.3 Å². The fourth-order valence-electron chi connectivity index (χ4n) is 1.30. The molecular weight excluding hydrogens is 168 g/mol. The van der Waals surface area contributed by atoms with E-state index in [4.69, 9.17) is 0 Å². The van der Waals surface area contributed by atoms with Gasteiger partial charge in [-0.2, -0.15) is 0 Å². The van der Waals surface area contributed by atoms with E-state index < -0.39 is 0 Å². The zero-order valence-corrected chi connectivity index (χ0v) is 7.94. The van der Waals surface area contributed by atoms with E-state index in [-0.39, 0.29) is 0 Å². The van der Waals surface area contributed by atoms with Gasteiger partial charge in [-0.15, -0.1) is 11.3 Å². The van der Waals surface area contributed by atoms with Crippen molar-refractivity contribution in [2.75, 3.05) is 11.9 Å². The first-order valence-corrected chi connectivity index (χ1v) is 5.46. The summed E-state index contributed by atoms with van der Waals surface area (Å²) in [5, 5.41) is 6.38. The van der Waals surface area contributed by atoms with Gasteiger partial charge in [0.25, 0.3) is 0 Å². The fraction of sp³-hybridized carbons (Fsp3) is 0.667. The average Bonchev–Trinajstić information content (AvgIpc) is 2.76. The highest BCUT2D eigenvalue weighted by molar-refractivity contribution is 7.13. The van der Waals surface area contributed by atoms with Gasteiger partial charge in [0.2, 0.25) is 0 Å². The van der Waals surface area contributed by atoms with Crippen molar-refractivity contribution in [1.82, 2.24) is 4.98 Å². The molecule has 1 aliphatic carbocycles. The molecule has 66 valence electrons. The van der Waals surface area contributed by atoms with E-state index in [0.717, 1.165) is 17.6 Å². The molecule has 0 saturated heterocycles. The Bertz CT molecular complexity index is 216. The maximum Gasteiger partial charge on any atom is 0.182 e. The zero-order valence-electron chi connectivity index (χ0n) is 7.12. The molecule has 0 atom stereocenters. The van der Waals surface area contributed by atoms with Crippen LogP contribution in [0.5, 0.6) is 0 Å². The first-order chi connectivity index (χ1) is 5.95. The van der Waals surface area contributed by atoms with Gasteiger partial charge in [-0.25, -0.2) is 4.98 Å². The molecule has 2 nitrogen and oxygen atoms in total. The summed E-state index contributed by atoms with van der Waals surface area (Å²) in [4.78, 5) is 4.16. The third-order valence-corrected chi connectivity index (χ3v) is 2.93. The molecule has 1 saturated carbocycles. The first-order valence-electron chi connectivity index (χ1n) is 4.58. The molecule has 3 heteroatoms. The average molecular weight is 182 g/mol. The van der Waals surface area contributed by atoms with Crippen molar-refractivity contribution in [2.45, 2.75) is 25.7 Å². The Labute approximate surface area is 77.0 Å². The molecule has 0 amide bonds. The summed E-state index contributed by atoms with van der Waals surface area (Å²) in [6.45, 7) is 1.09. The molecule has 1 aliphatic rings. The highest BCUT2D eigenvalue weighted by atomic mass is 32.1. The second-order valence-electron chi connectivity index (χ2n) is 3.35. The van der Waals surface area contributed by atoms with E-state index in [0.29, 0.717) is 0 Å². The van der Waals surface area contributed by atoms with Crippen LogP contribution in [0.15, 0.2) is 11.6 Å². The zero-order chi connectivity index (χ0) is 8.23. The smallest absolute Gasteiger partial charge is 0.182 e. The second-order valence-corrected chi connectivity index (χ2v) is 4.24. The molecule has 1 heterocycles. The summed E-state index contributed by atoms with van der Waals surface area (Å²) in [5.41, 5.74) is 0. The molecule has 0 aliphatic heterocycles. The normalized spacial score (nSPS) is 16.3. The maximum absolute atomic E-state index is 4.16. The Morgan fingerprint density at radius 3 is 3.17 bits per heavy atom. The number of thiazole rings is 1. The van der Waals surface area contributed by atoms with E-state index in [9.17, 15) is 0 Å². The number of hydrogen-bond donors (Lipinski definition) is 1. The maximum atomic E-state index is 4.16. The summed E-state index contributed by atoms with van der Waals surface area (Å²) >= 11 is 1.68. The molecule has 1 aromatic rings. The minimum absolute atomic E-state index is 1.06. The van der Waals surface area contributed by atoms with Crippen molar-refractivity contribution in [2.24, 2.45) is 5.92 Å². The lowest BCUT2D eigenvalue weighted by molar-refractivity contribution is 0.687. The molecule has 1 aromatic heterocycles. The summed E-state index contributed by atoms with van der Waals surface area (Å²) in [6.07, 6.45) is 7.48. The summed E-state index contributed by atoms with van der Waals surface area (Å²) in [5.74, 6) is 1.06. The molecule has 0 radical (unpaired) electrons. The Hall–Kier alpha value is -0.570. The Morgan fingerprint density at radius 2 is 2.50 bits per heavy atom. The van der Waals surface area contributed by atoms with Crippen molar-refractivity contribution < 1.29 is 0 Å². The van der Waals surface area contributed by atoms with E-state index in [1.807, 2.05) is 11.6 Å². The molecule has 0 unspecified atom stereocenters. The molecule has 0 aromatic carbocycles. The van der Waals surface area contributed by atoms with Crippen LogP contribution >= 0.6 is 11.3 Å². The highest BCUT2D eigenvalue weighted by Gasteiger charge is 2.19. The van der Waals surface area contributed by atoms with Crippen LogP contribution in [-0.4, -0.2) is 11.5 Å². The standard InChI is InChI=1S/C9H14N2S/c1(2-8-3-4-8)5-10-9-11-6-7-12-9/h6-8H,1-5H2,(H,10,11). The Kier molecular flexibility index (Phi) is 2.61. The Morgan fingerprint density at radius 1 is 1.58 bits per heavy atom. The van der Waals surface area contributed by atoms with Crippen molar-refractivity contribution in [1.29, 1.82) is 0 Å². The number of aromatic nitrogens is 1. The monoisotopic (exact) mass is 182 g/mol. The largest absolute Gasteiger partial charge is 0.362 e. The molecule has 12 heavy (non-hydrogen) atoms. The highest BCUT2D eigenvalue weighted by Crippen LogP contribution is 2.33. The Balaban J connectivity index is 1.56. The van der Waals surface area contributed by atoms with Crippen molar-refractivity contribution >= 4 is 16.5 Å². The number of anilines is 1. The van der Waals surface area contributed by atoms with Gasteiger partial charge in [0.05, 0.1) is 0 Å². The van der Waals surface area contributed by atoms with Gasteiger partial charge in [-0.3, -0.25) is 0 Å². The summed E-state index contributed by atoms with van der Waals surface area (Å²) < 4.78 is 0. The third-order valence-electron chi connectivity index (χ3n) is 2.19. The summed E-state index contributed by atoms with van der Waals surface area (Å²) in [7, 11) is 0. The minimum atomic E-state index is 1.06. The predicted octanol–water partition coefficient (Wildman–Crippen LogP) is 2.75. The van der Waals surface area contributed by atoms with Crippen LogP contribution in [0.2, 0.25) is 0 Å². The number of nitrogens with one attached hydrogen (secondary N) is 1. The van der Waals surface area contributed by atoms with Crippen LogP contribution in [0.4, 0.5) is 5.13 Å². The van der Waals surface area contributed by atoms with Gasteiger partial charge in [-0.1, -0.05) is 12.8 Å². The molecule has 0 spiro atoms. The molecule has 2 rings (SSSR count). The van der Waals surface area contributed by atoms with Gasteiger partial charge < -0.3 is 5.32 Å². The van der Waals surface area contributed by atoms with Crippen LogP contribution in [0.1, 0.15) is 25.7 Å². The lowest BCUT2D eigenvalue weighted by Crippen LogP contribution is -2.00. The lowest BCUT2D eigenvalue weighted by Gasteiger charge is -2.00. The topological polar surface area (TPSA) is 24.9 Å². The van der Waals surface area contributed by atoms with Crippen LogP contribution in [0.25, 0.3) is 0 Å². The van der Waals surface area contributed by atoms with E-state index in [1.165, 1.54) is 25.7 Å². The molecule has 1 fully saturated rings. The number of nitrogens with zero attached hydrogens (tertiary/aromatic N) is 1. The molecular formula is C9H14N2S. The van der Waals surface area contributed by atoms with E-state index in [1.54, 1.807) is 11.3 Å². The van der Waals surface area contributed by atoms with Crippen LogP contribution in [0, 0.1) is 5.92 Å². The predicted molar refractivity (Wildman–Crippen MR) is 52.6 cm³/mol. The number of hydrogen-bond acceptors (Lipinski definition) is 3. The van der Waals surface area contributed by atoms with Gasteiger partial charge in [0.15, 0.2) is 5.13 Å². The van der Waals surface area contributed by atoms with Gasteiger partial charge in [-0.05, 0) is 18.8 Å². The second kappa shape index (κ2) is 3.90. The van der Waals surface area contributed by atoms with Crippen LogP contribution in [0.3, 0.4) is 0 Å². The van der Waals surface area contributed by atoms with Crippen LogP contribution in [-0.2, 0) is 0 Å². The quantitative estimate of drug-likeness (QED) is 0.708. The summed E-state index contributed by atoms with van der Waals surface area (Å²) in [6, 6.07) is 0. The van der Waals surface area contributed by atoms with Gasteiger partial charge in [0, 0.05) is 18.1 Å². The van der Waals surface area contributed by atoms with Gasteiger partial charge >= 0.3 is 0 Å². The van der Waals surface area contributed by atoms with Crippen molar-refractivity contribution in [3.05, 3.63) is 11.6 Å². The van der Waals surface area contributed by atoms with Gasteiger partial charge in [0.1, 0.15) is 0 Å². The first kappa shape index (κ1) is 8.05. The number of rotatable bonds is 5. The molecule has 1 N–H and O–H groups in total. The van der Waals surface area contributed by atoms with Crippen molar-refractivity contribution in [3.63, 3.8) is 0 Å². The van der Waals surface area contributed by atoms with E-state index >= 15 is 0 Å². The fourth-order valence-corrected chi connectivity index (χ4v) is 1.86. The third kappa shape index (κ3) is 2.48.